The zero-order valence-corrected chi connectivity index (χ0v) is 11.7. The molecule has 5 heteroatoms. The summed E-state index contributed by atoms with van der Waals surface area (Å²) in [5.41, 5.74) is 6.69. The van der Waals surface area contributed by atoms with Crippen molar-refractivity contribution < 1.29 is 8.78 Å². The second kappa shape index (κ2) is 6.20. The van der Waals surface area contributed by atoms with Crippen LogP contribution in [-0.4, -0.2) is 13.6 Å². The summed E-state index contributed by atoms with van der Waals surface area (Å²) in [6.07, 6.45) is 0. The molecule has 0 bridgehead atoms. The number of benzene rings is 2. The first kappa shape index (κ1) is 14.8. The second-order valence-corrected chi connectivity index (χ2v) is 4.88. The Balaban J connectivity index is 2.42. The van der Waals surface area contributed by atoms with Crippen molar-refractivity contribution in [2.75, 3.05) is 18.5 Å². The van der Waals surface area contributed by atoms with Gasteiger partial charge < -0.3 is 10.6 Å². The lowest BCUT2D eigenvalue weighted by Crippen LogP contribution is -2.31. The number of anilines is 1. The van der Waals surface area contributed by atoms with Gasteiger partial charge in [0.1, 0.15) is 11.6 Å². The van der Waals surface area contributed by atoms with E-state index in [9.17, 15) is 8.78 Å². The quantitative estimate of drug-likeness (QED) is 0.931. The molecule has 2 aromatic rings. The minimum Gasteiger partial charge on any atom is -0.366 e. The summed E-state index contributed by atoms with van der Waals surface area (Å²) in [7, 11) is 1.73. The zero-order valence-electron chi connectivity index (χ0n) is 11.0. The van der Waals surface area contributed by atoms with E-state index in [0.29, 0.717) is 16.3 Å². The first-order chi connectivity index (χ1) is 9.54. The van der Waals surface area contributed by atoms with Gasteiger partial charge in [0.25, 0.3) is 0 Å². The van der Waals surface area contributed by atoms with Gasteiger partial charge >= 0.3 is 0 Å². The molecule has 0 amide bonds. The van der Waals surface area contributed by atoms with Crippen LogP contribution in [0.25, 0.3) is 0 Å². The molecule has 106 valence electrons. The van der Waals surface area contributed by atoms with Gasteiger partial charge in [0, 0.05) is 29.9 Å². The van der Waals surface area contributed by atoms with Gasteiger partial charge in [-0.3, -0.25) is 0 Å². The van der Waals surface area contributed by atoms with E-state index < -0.39 is 11.9 Å². The fourth-order valence-corrected chi connectivity index (χ4v) is 2.46. The average Bonchev–Trinajstić information content (AvgIpc) is 2.42. The summed E-state index contributed by atoms with van der Waals surface area (Å²) in [4.78, 5) is 1.72. The van der Waals surface area contributed by atoms with Gasteiger partial charge in [0.2, 0.25) is 0 Å². The van der Waals surface area contributed by atoms with Crippen LogP contribution in [0, 0.1) is 11.6 Å². The molecule has 0 fully saturated rings. The highest BCUT2D eigenvalue weighted by atomic mass is 35.5. The Hall–Kier alpha value is -1.65. The highest BCUT2D eigenvalue weighted by Gasteiger charge is 2.22. The number of likely N-dealkylation sites (N-methyl/N-ethyl adjacent to an activating group) is 1. The van der Waals surface area contributed by atoms with E-state index in [1.54, 1.807) is 30.1 Å². The molecular formula is C15H15ClF2N2. The van der Waals surface area contributed by atoms with Crippen molar-refractivity contribution in [2.45, 2.75) is 6.04 Å². The normalized spacial score (nSPS) is 12.2. The Labute approximate surface area is 121 Å². The van der Waals surface area contributed by atoms with Crippen molar-refractivity contribution >= 4 is 17.3 Å². The second-order valence-electron chi connectivity index (χ2n) is 4.48. The van der Waals surface area contributed by atoms with Gasteiger partial charge in [0.15, 0.2) is 0 Å². The van der Waals surface area contributed by atoms with Crippen molar-refractivity contribution in [3.05, 3.63) is 64.7 Å². The van der Waals surface area contributed by atoms with Crippen LogP contribution in [0.1, 0.15) is 11.6 Å². The zero-order chi connectivity index (χ0) is 14.7. The molecule has 0 heterocycles. The van der Waals surface area contributed by atoms with E-state index in [4.69, 9.17) is 17.3 Å². The average molecular weight is 297 g/mol. The van der Waals surface area contributed by atoms with Gasteiger partial charge in [-0.1, -0.05) is 23.7 Å². The summed E-state index contributed by atoms with van der Waals surface area (Å²) in [6.45, 7) is 0.160. The highest BCUT2D eigenvalue weighted by molar-refractivity contribution is 6.31. The fraction of sp³-hybridized carbons (Fsp3) is 0.200. The van der Waals surface area contributed by atoms with E-state index in [1.165, 1.54) is 24.3 Å². The Kier molecular flexibility index (Phi) is 4.57. The number of nitrogens with two attached hydrogens (primary N) is 1. The van der Waals surface area contributed by atoms with Crippen LogP contribution in [0.5, 0.6) is 0 Å². The smallest absolute Gasteiger partial charge is 0.130 e. The Morgan fingerprint density at radius 1 is 1.20 bits per heavy atom. The van der Waals surface area contributed by atoms with Gasteiger partial charge in [0.05, 0.1) is 6.04 Å². The van der Waals surface area contributed by atoms with E-state index >= 15 is 0 Å². The third kappa shape index (κ3) is 2.92. The summed E-state index contributed by atoms with van der Waals surface area (Å²) in [5, 5.41) is 0.309. The lowest BCUT2D eigenvalue weighted by atomic mass is 10.0. The van der Waals surface area contributed by atoms with E-state index in [-0.39, 0.29) is 12.4 Å². The molecule has 20 heavy (non-hydrogen) atoms. The van der Waals surface area contributed by atoms with E-state index in [0.717, 1.165) is 0 Å². The highest BCUT2D eigenvalue weighted by Crippen LogP contribution is 2.31. The van der Waals surface area contributed by atoms with Gasteiger partial charge in [-0.05, 0) is 30.3 Å². The summed E-state index contributed by atoms with van der Waals surface area (Å²) >= 11 is 6.07. The number of hydrogen-bond donors (Lipinski definition) is 1. The van der Waals surface area contributed by atoms with Crippen molar-refractivity contribution in [1.29, 1.82) is 0 Å². The SMILES string of the molecule is CN(c1cccc(F)c1)C(CN)c1c(F)cccc1Cl. The van der Waals surface area contributed by atoms with E-state index in [1.807, 2.05) is 0 Å². The first-order valence-corrected chi connectivity index (χ1v) is 6.54. The molecule has 0 aromatic heterocycles. The van der Waals surface area contributed by atoms with E-state index in [2.05, 4.69) is 0 Å². The van der Waals surface area contributed by atoms with Crippen molar-refractivity contribution in [1.82, 2.24) is 0 Å². The number of hydrogen-bond acceptors (Lipinski definition) is 2. The van der Waals surface area contributed by atoms with Crippen molar-refractivity contribution in [3.8, 4) is 0 Å². The Morgan fingerprint density at radius 3 is 2.50 bits per heavy atom. The molecule has 1 atom stereocenters. The van der Waals surface area contributed by atoms with Crippen LogP contribution in [0.2, 0.25) is 5.02 Å². The molecule has 2 N–H and O–H groups in total. The molecule has 1 unspecified atom stereocenters. The van der Waals surface area contributed by atoms with Crippen LogP contribution in [0.15, 0.2) is 42.5 Å². The third-order valence-electron chi connectivity index (χ3n) is 3.24. The molecule has 0 saturated carbocycles. The molecule has 2 nitrogen and oxygen atoms in total. The predicted octanol–water partition coefficient (Wildman–Crippen LogP) is 3.75. The third-order valence-corrected chi connectivity index (χ3v) is 3.57. The minimum atomic E-state index is -0.467. The molecule has 2 rings (SSSR count). The van der Waals surface area contributed by atoms with Gasteiger partial charge in [-0.25, -0.2) is 8.78 Å². The molecule has 2 aromatic carbocycles. The summed E-state index contributed by atoms with van der Waals surface area (Å²) in [6, 6.07) is 10.1. The van der Waals surface area contributed by atoms with Crippen LogP contribution < -0.4 is 10.6 Å². The van der Waals surface area contributed by atoms with Crippen LogP contribution in [-0.2, 0) is 0 Å². The molecular weight excluding hydrogens is 282 g/mol. The standard InChI is InChI=1S/C15H15ClF2N2/c1-20(11-5-2-4-10(17)8-11)14(9-19)15-12(16)6-3-7-13(15)18/h2-8,14H,9,19H2,1H3. The lowest BCUT2D eigenvalue weighted by molar-refractivity contribution is 0.571. The molecule has 0 saturated heterocycles. The molecule has 0 radical (unpaired) electrons. The fourth-order valence-electron chi connectivity index (χ4n) is 2.17. The summed E-state index contributed by atoms with van der Waals surface area (Å²) in [5.74, 6) is -0.777. The monoisotopic (exact) mass is 296 g/mol. The molecule has 0 spiro atoms. The number of halogens is 3. The predicted molar refractivity (Wildman–Crippen MR) is 78.0 cm³/mol. The largest absolute Gasteiger partial charge is 0.366 e. The summed E-state index contributed by atoms with van der Waals surface area (Å²) < 4.78 is 27.3. The van der Waals surface area contributed by atoms with Gasteiger partial charge in [-0.2, -0.15) is 0 Å². The maximum Gasteiger partial charge on any atom is 0.130 e. The van der Waals surface area contributed by atoms with Crippen molar-refractivity contribution in [2.24, 2.45) is 5.73 Å². The molecule has 0 aliphatic carbocycles. The van der Waals surface area contributed by atoms with Crippen LogP contribution in [0.4, 0.5) is 14.5 Å². The van der Waals surface area contributed by atoms with Crippen molar-refractivity contribution in [3.63, 3.8) is 0 Å². The Bertz CT molecular complexity index is 584. The lowest BCUT2D eigenvalue weighted by Gasteiger charge is -2.30. The number of rotatable bonds is 4. The van der Waals surface area contributed by atoms with Crippen LogP contribution in [0.3, 0.4) is 0 Å². The number of nitrogens with zero attached hydrogens (tertiary/aromatic N) is 1. The first-order valence-electron chi connectivity index (χ1n) is 6.17. The minimum absolute atomic E-state index is 0.160. The maximum atomic E-state index is 14.0. The topological polar surface area (TPSA) is 29.3 Å². The molecule has 0 aliphatic heterocycles. The van der Waals surface area contributed by atoms with Gasteiger partial charge in [-0.15, -0.1) is 0 Å². The maximum absolute atomic E-state index is 14.0. The van der Waals surface area contributed by atoms with Crippen LogP contribution >= 0.6 is 11.6 Å². The molecule has 0 aliphatic rings. The Morgan fingerprint density at radius 2 is 1.90 bits per heavy atom.